The van der Waals surface area contributed by atoms with Crippen molar-refractivity contribution in [1.29, 1.82) is 0 Å². The molecule has 0 aromatic heterocycles. The summed E-state index contributed by atoms with van der Waals surface area (Å²) in [6.45, 7) is 2.19. The Labute approximate surface area is 102 Å². The molecule has 2 unspecified atom stereocenters. The SMILES string of the molecule is CCCc1ccc(C(O)C2CCCS2)cc1. The average molecular weight is 236 g/mol. The van der Waals surface area contributed by atoms with Gasteiger partial charge in [0.2, 0.25) is 0 Å². The van der Waals surface area contributed by atoms with Gasteiger partial charge in [0, 0.05) is 5.25 Å². The van der Waals surface area contributed by atoms with Crippen LogP contribution in [-0.2, 0) is 6.42 Å². The second-order valence-corrected chi connectivity index (χ2v) is 5.83. The number of benzene rings is 1. The smallest absolute Gasteiger partial charge is 0.0908 e. The molecule has 1 heterocycles. The molecule has 0 radical (unpaired) electrons. The van der Waals surface area contributed by atoms with Crippen molar-refractivity contribution in [3.8, 4) is 0 Å². The highest BCUT2D eigenvalue weighted by molar-refractivity contribution is 8.00. The van der Waals surface area contributed by atoms with Gasteiger partial charge in [-0.05, 0) is 36.1 Å². The van der Waals surface area contributed by atoms with E-state index in [1.807, 2.05) is 11.8 Å². The van der Waals surface area contributed by atoms with Gasteiger partial charge in [-0.1, -0.05) is 37.6 Å². The summed E-state index contributed by atoms with van der Waals surface area (Å²) in [5, 5.41) is 10.6. The largest absolute Gasteiger partial charge is 0.387 e. The molecular weight excluding hydrogens is 216 g/mol. The fraction of sp³-hybridized carbons (Fsp3) is 0.571. The van der Waals surface area contributed by atoms with Gasteiger partial charge >= 0.3 is 0 Å². The van der Waals surface area contributed by atoms with Crippen molar-refractivity contribution in [2.45, 2.75) is 44.0 Å². The molecule has 1 fully saturated rings. The van der Waals surface area contributed by atoms with Gasteiger partial charge in [-0.3, -0.25) is 0 Å². The van der Waals surface area contributed by atoms with Gasteiger partial charge < -0.3 is 5.11 Å². The lowest BCUT2D eigenvalue weighted by Crippen LogP contribution is -2.11. The van der Waals surface area contributed by atoms with Gasteiger partial charge in [-0.15, -0.1) is 0 Å². The third-order valence-corrected chi connectivity index (χ3v) is 4.62. The van der Waals surface area contributed by atoms with Gasteiger partial charge in [0.25, 0.3) is 0 Å². The Morgan fingerprint density at radius 3 is 2.69 bits per heavy atom. The van der Waals surface area contributed by atoms with E-state index in [1.165, 1.54) is 24.2 Å². The zero-order valence-corrected chi connectivity index (χ0v) is 10.7. The number of aliphatic hydroxyl groups excluding tert-OH is 1. The molecule has 1 aliphatic heterocycles. The Balaban J connectivity index is 2.02. The standard InChI is InChI=1S/C14H20OS/c1-2-4-11-6-8-12(9-7-11)14(15)13-5-3-10-16-13/h6-9,13-15H,2-5,10H2,1H3. The zero-order valence-electron chi connectivity index (χ0n) is 9.86. The van der Waals surface area contributed by atoms with Crippen LogP contribution < -0.4 is 0 Å². The normalized spacial score (nSPS) is 22.2. The molecule has 1 aromatic rings. The van der Waals surface area contributed by atoms with E-state index >= 15 is 0 Å². The number of aliphatic hydroxyl groups is 1. The Bertz CT molecular complexity index is 314. The molecule has 0 saturated carbocycles. The first-order valence-corrected chi connectivity index (χ1v) is 7.24. The summed E-state index contributed by atoms with van der Waals surface area (Å²) in [4.78, 5) is 0. The molecule has 2 atom stereocenters. The van der Waals surface area contributed by atoms with Crippen molar-refractivity contribution in [1.82, 2.24) is 0 Å². The summed E-state index contributed by atoms with van der Waals surface area (Å²) in [7, 11) is 0. The van der Waals surface area contributed by atoms with E-state index in [2.05, 4.69) is 31.2 Å². The average Bonchev–Trinajstić information content (AvgIpc) is 2.83. The summed E-state index contributed by atoms with van der Waals surface area (Å²) >= 11 is 1.91. The molecular formula is C14H20OS. The van der Waals surface area contributed by atoms with Gasteiger partial charge in [-0.2, -0.15) is 11.8 Å². The Morgan fingerprint density at radius 2 is 2.12 bits per heavy atom. The highest BCUT2D eigenvalue weighted by Gasteiger charge is 2.24. The number of rotatable bonds is 4. The van der Waals surface area contributed by atoms with Crippen molar-refractivity contribution in [3.05, 3.63) is 35.4 Å². The van der Waals surface area contributed by atoms with E-state index in [0.29, 0.717) is 5.25 Å². The third-order valence-electron chi connectivity index (χ3n) is 3.18. The highest BCUT2D eigenvalue weighted by Crippen LogP contribution is 2.35. The maximum atomic E-state index is 10.2. The van der Waals surface area contributed by atoms with Gasteiger partial charge in [-0.25, -0.2) is 0 Å². The van der Waals surface area contributed by atoms with Crippen molar-refractivity contribution in [3.63, 3.8) is 0 Å². The van der Waals surface area contributed by atoms with E-state index in [-0.39, 0.29) is 6.10 Å². The van der Waals surface area contributed by atoms with Crippen LogP contribution in [0, 0.1) is 0 Å². The molecule has 0 bridgehead atoms. The Morgan fingerprint density at radius 1 is 1.38 bits per heavy atom. The van der Waals surface area contributed by atoms with Crippen LogP contribution in [0.5, 0.6) is 0 Å². The summed E-state index contributed by atoms with van der Waals surface area (Å²) in [5.41, 5.74) is 2.46. The van der Waals surface area contributed by atoms with Crippen LogP contribution in [0.2, 0.25) is 0 Å². The topological polar surface area (TPSA) is 20.2 Å². The minimum atomic E-state index is -0.275. The first-order chi connectivity index (χ1) is 7.81. The van der Waals surface area contributed by atoms with Crippen LogP contribution in [0.15, 0.2) is 24.3 Å². The fourth-order valence-electron chi connectivity index (χ4n) is 2.24. The summed E-state index contributed by atoms with van der Waals surface area (Å²) in [6, 6.07) is 8.49. The summed E-state index contributed by atoms with van der Waals surface area (Å²) in [5.74, 6) is 1.20. The maximum Gasteiger partial charge on any atom is 0.0908 e. The maximum absolute atomic E-state index is 10.2. The van der Waals surface area contributed by atoms with E-state index in [1.54, 1.807) is 0 Å². The van der Waals surface area contributed by atoms with Crippen molar-refractivity contribution in [2.75, 3.05) is 5.75 Å². The molecule has 0 aliphatic carbocycles. The van der Waals surface area contributed by atoms with Gasteiger partial charge in [0.05, 0.1) is 6.10 Å². The van der Waals surface area contributed by atoms with Crippen molar-refractivity contribution in [2.24, 2.45) is 0 Å². The lowest BCUT2D eigenvalue weighted by atomic mass is 10.0. The first-order valence-electron chi connectivity index (χ1n) is 6.19. The predicted molar refractivity (Wildman–Crippen MR) is 70.9 cm³/mol. The fourth-order valence-corrected chi connectivity index (χ4v) is 3.55. The lowest BCUT2D eigenvalue weighted by Gasteiger charge is -2.17. The first kappa shape index (κ1) is 12.0. The van der Waals surface area contributed by atoms with E-state index in [9.17, 15) is 5.11 Å². The number of hydrogen-bond acceptors (Lipinski definition) is 2. The highest BCUT2D eigenvalue weighted by atomic mass is 32.2. The van der Waals surface area contributed by atoms with E-state index in [4.69, 9.17) is 0 Å². The molecule has 1 saturated heterocycles. The Hall–Kier alpha value is -0.470. The van der Waals surface area contributed by atoms with Crippen LogP contribution in [-0.4, -0.2) is 16.1 Å². The lowest BCUT2D eigenvalue weighted by molar-refractivity contribution is 0.173. The second-order valence-electron chi connectivity index (χ2n) is 4.49. The molecule has 1 aromatic carbocycles. The molecule has 88 valence electrons. The molecule has 2 heteroatoms. The van der Waals surface area contributed by atoms with Gasteiger partial charge in [0.1, 0.15) is 0 Å². The second kappa shape index (κ2) is 5.74. The molecule has 1 nitrogen and oxygen atoms in total. The van der Waals surface area contributed by atoms with Gasteiger partial charge in [0.15, 0.2) is 0 Å². The molecule has 1 aliphatic rings. The van der Waals surface area contributed by atoms with Crippen molar-refractivity contribution < 1.29 is 5.11 Å². The van der Waals surface area contributed by atoms with Crippen LogP contribution in [0.1, 0.15) is 43.4 Å². The summed E-state index contributed by atoms with van der Waals surface area (Å²) in [6.07, 6.45) is 4.45. The van der Waals surface area contributed by atoms with Crippen LogP contribution >= 0.6 is 11.8 Å². The molecule has 0 amide bonds. The van der Waals surface area contributed by atoms with Crippen LogP contribution in [0.3, 0.4) is 0 Å². The minimum Gasteiger partial charge on any atom is -0.387 e. The predicted octanol–water partition coefficient (Wildman–Crippen LogP) is 3.57. The molecule has 1 N–H and O–H groups in total. The summed E-state index contributed by atoms with van der Waals surface area (Å²) < 4.78 is 0. The van der Waals surface area contributed by atoms with Crippen molar-refractivity contribution >= 4 is 11.8 Å². The quantitative estimate of drug-likeness (QED) is 0.862. The monoisotopic (exact) mass is 236 g/mol. The third kappa shape index (κ3) is 2.80. The van der Waals surface area contributed by atoms with E-state index in [0.717, 1.165) is 18.4 Å². The molecule has 2 rings (SSSR count). The van der Waals surface area contributed by atoms with Crippen LogP contribution in [0.4, 0.5) is 0 Å². The molecule has 0 spiro atoms. The Kier molecular flexibility index (Phi) is 4.30. The number of aryl methyl sites for hydroxylation is 1. The number of hydrogen-bond donors (Lipinski definition) is 1. The van der Waals surface area contributed by atoms with E-state index < -0.39 is 0 Å². The van der Waals surface area contributed by atoms with Crippen LogP contribution in [0.25, 0.3) is 0 Å². The zero-order chi connectivity index (χ0) is 11.4. The molecule has 16 heavy (non-hydrogen) atoms. The number of thioether (sulfide) groups is 1. The minimum absolute atomic E-state index is 0.275.